The fraction of sp³-hybridized carbons (Fsp3) is 0.750. The van der Waals surface area contributed by atoms with Crippen molar-refractivity contribution in [2.24, 2.45) is 0 Å². The molecule has 0 spiro atoms. The Morgan fingerprint density at radius 2 is 2.25 bits per heavy atom. The van der Waals surface area contributed by atoms with Crippen LogP contribution >= 0.6 is 11.3 Å². The molecule has 16 heavy (non-hydrogen) atoms. The SMILES string of the molecule is CCCNC1CCN(c2nc(C)cs2)CC1. The molecule has 0 saturated carbocycles. The molecule has 1 aliphatic rings. The number of hydrogen-bond donors (Lipinski definition) is 1. The van der Waals surface area contributed by atoms with Crippen LogP contribution < -0.4 is 10.2 Å². The first kappa shape index (κ1) is 11.9. The van der Waals surface area contributed by atoms with Crippen LogP contribution in [0.4, 0.5) is 5.13 Å². The van der Waals surface area contributed by atoms with Crippen molar-refractivity contribution in [1.29, 1.82) is 0 Å². The second-order valence-electron chi connectivity index (χ2n) is 4.49. The van der Waals surface area contributed by atoms with Gasteiger partial charge in [0.05, 0.1) is 5.69 Å². The summed E-state index contributed by atoms with van der Waals surface area (Å²) < 4.78 is 0. The molecule has 0 unspecified atom stereocenters. The molecule has 0 radical (unpaired) electrons. The Kier molecular flexibility index (Phi) is 4.18. The molecule has 1 saturated heterocycles. The van der Waals surface area contributed by atoms with Crippen molar-refractivity contribution in [3.05, 3.63) is 11.1 Å². The molecular formula is C12H21N3S. The van der Waals surface area contributed by atoms with Crippen LogP contribution in [0, 0.1) is 6.92 Å². The summed E-state index contributed by atoms with van der Waals surface area (Å²) in [4.78, 5) is 6.96. The Morgan fingerprint density at radius 1 is 1.50 bits per heavy atom. The summed E-state index contributed by atoms with van der Waals surface area (Å²) >= 11 is 1.77. The van der Waals surface area contributed by atoms with Crippen LogP contribution in [0.1, 0.15) is 31.9 Å². The lowest BCUT2D eigenvalue weighted by Crippen LogP contribution is -2.42. The van der Waals surface area contributed by atoms with Gasteiger partial charge in [-0.15, -0.1) is 11.3 Å². The molecule has 1 fully saturated rings. The van der Waals surface area contributed by atoms with Gasteiger partial charge in [-0.3, -0.25) is 0 Å². The predicted octanol–water partition coefficient (Wildman–Crippen LogP) is 2.42. The maximum Gasteiger partial charge on any atom is 0.185 e. The van der Waals surface area contributed by atoms with E-state index in [4.69, 9.17) is 0 Å². The predicted molar refractivity (Wildman–Crippen MR) is 70.4 cm³/mol. The largest absolute Gasteiger partial charge is 0.348 e. The van der Waals surface area contributed by atoms with Gasteiger partial charge in [-0.2, -0.15) is 0 Å². The lowest BCUT2D eigenvalue weighted by atomic mass is 10.1. The quantitative estimate of drug-likeness (QED) is 0.874. The van der Waals surface area contributed by atoms with Crippen molar-refractivity contribution >= 4 is 16.5 Å². The molecule has 1 aromatic heterocycles. The van der Waals surface area contributed by atoms with Gasteiger partial charge in [0.15, 0.2) is 5.13 Å². The van der Waals surface area contributed by atoms with Crippen LogP contribution in [0.2, 0.25) is 0 Å². The molecule has 1 N–H and O–H groups in total. The maximum atomic E-state index is 4.55. The minimum Gasteiger partial charge on any atom is -0.348 e. The van der Waals surface area contributed by atoms with E-state index in [1.807, 2.05) is 0 Å². The number of nitrogens with zero attached hydrogens (tertiary/aromatic N) is 2. The highest BCUT2D eigenvalue weighted by Crippen LogP contribution is 2.23. The van der Waals surface area contributed by atoms with Gasteiger partial charge in [0, 0.05) is 24.5 Å². The Bertz CT molecular complexity index is 316. The Labute approximate surface area is 102 Å². The van der Waals surface area contributed by atoms with Crippen LogP contribution in [0.15, 0.2) is 5.38 Å². The standard InChI is InChI=1S/C12H21N3S/c1-3-6-13-11-4-7-15(8-5-11)12-14-10(2)9-16-12/h9,11,13H,3-8H2,1-2H3. The molecule has 3 nitrogen and oxygen atoms in total. The highest BCUT2D eigenvalue weighted by atomic mass is 32.1. The lowest BCUT2D eigenvalue weighted by Gasteiger charge is -2.32. The van der Waals surface area contributed by atoms with Gasteiger partial charge in [0.1, 0.15) is 0 Å². The second-order valence-corrected chi connectivity index (χ2v) is 5.32. The third-order valence-electron chi connectivity index (χ3n) is 3.06. The molecule has 0 aliphatic carbocycles. The Hall–Kier alpha value is -0.610. The minimum atomic E-state index is 0.720. The third-order valence-corrected chi connectivity index (χ3v) is 4.07. The van der Waals surface area contributed by atoms with Gasteiger partial charge < -0.3 is 10.2 Å². The summed E-state index contributed by atoms with van der Waals surface area (Å²) in [7, 11) is 0. The number of aryl methyl sites for hydroxylation is 1. The maximum absolute atomic E-state index is 4.55. The summed E-state index contributed by atoms with van der Waals surface area (Å²) in [5.41, 5.74) is 1.14. The molecule has 0 amide bonds. The first-order valence-corrected chi connectivity index (χ1v) is 7.08. The van der Waals surface area contributed by atoms with E-state index in [1.54, 1.807) is 11.3 Å². The molecule has 0 atom stereocenters. The van der Waals surface area contributed by atoms with Gasteiger partial charge in [0.25, 0.3) is 0 Å². The number of nitrogens with one attached hydrogen (secondary N) is 1. The van der Waals surface area contributed by atoms with E-state index in [0.717, 1.165) is 31.4 Å². The molecule has 0 aromatic carbocycles. The van der Waals surface area contributed by atoms with E-state index in [2.05, 4.69) is 34.4 Å². The molecule has 4 heteroatoms. The van der Waals surface area contributed by atoms with Gasteiger partial charge in [0.2, 0.25) is 0 Å². The number of anilines is 1. The van der Waals surface area contributed by atoms with E-state index < -0.39 is 0 Å². The average Bonchev–Trinajstić information content (AvgIpc) is 2.74. The van der Waals surface area contributed by atoms with Crippen LogP contribution in [0.3, 0.4) is 0 Å². The third kappa shape index (κ3) is 2.95. The number of hydrogen-bond acceptors (Lipinski definition) is 4. The second kappa shape index (κ2) is 5.64. The van der Waals surface area contributed by atoms with Crippen molar-refractivity contribution in [1.82, 2.24) is 10.3 Å². The average molecular weight is 239 g/mol. The van der Waals surface area contributed by atoms with E-state index in [-0.39, 0.29) is 0 Å². The number of rotatable bonds is 4. The molecule has 90 valence electrons. The van der Waals surface area contributed by atoms with Gasteiger partial charge in [-0.05, 0) is 32.7 Å². The van der Waals surface area contributed by atoms with Crippen LogP contribution in [-0.4, -0.2) is 30.7 Å². The smallest absolute Gasteiger partial charge is 0.185 e. The first-order valence-electron chi connectivity index (χ1n) is 6.20. The molecule has 0 bridgehead atoms. The van der Waals surface area contributed by atoms with E-state index >= 15 is 0 Å². The van der Waals surface area contributed by atoms with Crippen molar-refractivity contribution in [2.45, 2.75) is 39.2 Å². The van der Waals surface area contributed by atoms with Crippen LogP contribution in [0.5, 0.6) is 0 Å². The van der Waals surface area contributed by atoms with Crippen molar-refractivity contribution in [3.8, 4) is 0 Å². The first-order chi connectivity index (χ1) is 7.79. The van der Waals surface area contributed by atoms with Crippen LogP contribution in [-0.2, 0) is 0 Å². The molecular weight excluding hydrogens is 218 g/mol. The number of thiazole rings is 1. The van der Waals surface area contributed by atoms with E-state index in [0.29, 0.717) is 0 Å². The summed E-state index contributed by atoms with van der Waals surface area (Å²) in [5, 5.41) is 6.94. The van der Waals surface area contributed by atoms with Gasteiger partial charge in [-0.1, -0.05) is 6.92 Å². The minimum absolute atomic E-state index is 0.720. The normalized spacial score (nSPS) is 18.0. The van der Waals surface area contributed by atoms with E-state index in [1.165, 1.54) is 24.4 Å². The summed E-state index contributed by atoms with van der Waals surface area (Å²) in [6.07, 6.45) is 3.73. The summed E-state index contributed by atoms with van der Waals surface area (Å²) in [5.74, 6) is 0. The van der Waals surface area contributed by atoms with Crippen molar-refractivity contribution < 1.29 is 0 Å². The monoisotopic (exact) mass is 239 g/mol. The van der Waals surface area contributed by atoms with Crippen molar-refractivity contribution in [2.75, 3.05) is 24.5 Å². The summed E-state index contributed by atoms with van der Waals surface area (Å²) in [6, 6.07) is 0.720. The number of aromatic nitrogens is 1. The molecule has 1 aliphatic heterocycles. The molecule has 2 rings (SSSR count). The fourth-order valence-electron chi connectivity index (χ4n) is 2.11. The molecule has 2 heterocycles. The van der Waals surface area contributed by atoms with Gasteiger partial charge >= 0.3 is 0 Å². The zero-order valence-electron chi connectivity index (χ0n) is 10.2. The molecule has 1 aromatic rings. The fourth-order valence-corrected chi connectivity index (χ4v) is 2.97. The Morgan fingerprint density at radius 3 is 2.81 bits per heavy atom. The zero-order chi connectivity index (χ0) is 11.4. The Balaban J connectivity index is 1.81. The lowest BCUT2D eigenvalue weighted by molar-refractivity contribution is 0.415. The zero-order valence-corrected chi connectivity index (χ0v) is 11.0. The van der Waals surface area contributed by atoms with E-state index in [9.17, 15) is 0 Å². The van der Waals surface area contributed by atoms with Crippen LogP contribution in [0.25, 0.3) is 0 Å². The highest BCUT2D eigenvalue weighted by molar-refractivity contribution is 7.13. The number of piperidine rings is 1. The summed E-state index contributed by atoms with van der Waals surface area (Å²) in [6.45, 7) is 7.74. The highest BCUT2D eigenvalue weighted by Gasteiger charge is 2.20. The van der Waals surface area contributed by atoms with Gasteiger partial charge in [-0.25, -0.2) is 4.98 Å². The topological polar surface area (TPSA) is 28.2 Å². The van der Waals surface area contributed by atoms with Crippen molar-refractivity contribution in [3.63, 3.8) is 0 Å².